The van der Waals surface area contributed by atoms with Gasteiger partial charge in [0.25, 0.3) is 0 Å². The molecule has 0 bridgehead atoms. The lowest BCUT2D eigenvalue weighted by Crippen LogP contribution is -2.44. The normalized spacial score (nSPS) is 19.7. The molecule has 0 aliphatic carbocycles. The number of benzene rings is 1. The Hall–Kier alpha value is -1.58. The van der Waals surface area contributed by atoms with Crippen molar-refractivity contribution in [3.8, 4) is 5.88 Å². The van der Waals surface area contributed by atoms with Crippen molar-refractivity contribution >= 4 is 41.5 Å². The fourth-order valence-electron chi connectivity index (χ4n) is 3.98. The number of nitrogens with one attached hydrogen (secondary N) is 2. The molecule has 164 valence electrons. The minimum atomic E-state index is 0. The Bertz CT molecular complexity index is 835. The summed E-state index contributed by atoms with van der Waals surface area (Å²) in [6.45, 7) is 2.52. The summed E-state index contributed by atoms with van der Waals surface area (Å²) in [7, 11) is 5.60. The van der Waals surface area contributed by atoms with Crippen molar-refractivity contribution in [3.05, 3.63) is 58.7 Å². The first kappa shape index (κ1) is 24.7. The van der Waals surface area contributed by atoms with Gasteiger partial charge in [0.2, 0.25) is 5.88 Å². The highest BCUT2D eigenvalue weighted by Crippen LogP contribution is 2.35. The number of hydrogen-bond acceptors (Lipinski definition) is 4. The number of likely N-dealkylation sites (tertiary alicyclic amines) is 1. The van der Waals surface area contributed by atoms with Gasteiger partial charge in [0.05, 0.1) is 19.3 Å². The third-order valence-electron chi connectivity index (χ3n) is 5.38. The Morgan fingerprint density at radius 3 is 2.80 bits per heavy atom. The summed E-state index contributed by atoms with van der Waals surface area (Å²) in [5.74, 6) is 1.86. The van der Waals surface area contributed by atoms with Gasteiger partial charge in [0, 0.05) is 30.7 Å². The fraction of sp³-hybridized carbons (Fsp3) is 0.455. The number of piperidine rings is 1. The van der Waals surface area contributed by atoms with Crippen molar-refractivity contribution < 1.29 is 4.74 Å². The predicted molar refractivity (Wildman–Crippen MR) is 134 cm³/mol. The van der Waals surface area contributed by atoms with E-state index < -0.39 is 0 Å². The van der Waals surface area contributed by atoms with Gasteiger partial charge in [-0.25, -0.2) is 4.98 Å². The Kier molecular flexibility index (Phi) is 10.1. The van der Waals surface area contributed by atoms with Crippen molar-refractivity contribution in [2.24, 2.45) is 10.9 Å². The maximum atomic E-state index is 6.25. The Morgan fingerprint density at radius 2 is 2.07 bits per heavy atom. The van der Waals surface area contributed by atoms with Gasteiger partial charge in [0.1, 0.15) is 0 Å². The van der Waals surface area contributed by atoms with Crippen LogP contribution in [0.4, 0.5) is 0 Å². The first-order valence-electron chi connectivity index (χ1n) is 10.0. The zero-order valence-electron chi connectivity index (χ0n) is 17.8. The number of aromatic nitrogens is 1. The second kappa shape index (κ2) is 12.3. The SMILES string of the molecule is CN=C(NCc1cccc(OC)n1)NCC1CCCN(C)C1c1cccc(Cl)c1.I. The van der Waals surface area contributed by atoms with Gasteiger partial charge < -0.3 is 15.4 Å². The molecule has 1 aromatic heterocycles. The van der Waals surface area contributed by atoms with Crippen LogP contribution in [0.5, 0.6) is 5.88 Å². The van der Waals surface area contributed by atoms with Crippen LogP contribution in [0.25, 0.3) is 0 Å². The van der Waals surface area contributed by atoms with E-state index in [0.717, 1.165) is 29.8 Å². The summed E-state index contributed by atoms with van der Waals surface area (Å²) < 4.78 is 5.19. The van der Waals surface area contributed by atoms with Crippen molar-refractivity contribution in [1.82, 2.24) is 20.5 Å². The second-order valence-corrected chi connectivity index (χ2v) is 7.80. The molecule has 2 heterocycles. The molecule has 2 N–H and O–H groups in total. The largest absolute Gasteiger partial charge is 0.481 e. The van der Waals surface area contributed by atoms with Crippen molar-refractivity contribution in [3.63, 3.8) is 0 Å². The van der Waals surface area contributed by atoms with Crippen LogP contribution in [0, 0.1) is 5.92 Å². The molecule has 1 aromatic carbocycles. The smallest absolute Gasteiger partial charge is 0.213 e. The highest BCUT2D eigenvalue weighted by molar-refractivity contribution is 14.0. The molecule has 2 atom stereocenters. The average Bonchev–Trinajstić information content (AvgIpc) is 2.74. The molecule has 1 saturated heterocycles. The van der Waals surface area contributed by atoms with E-state index in [1.165, 1.54) is 18.4 Å². The van der Waals surface area contributed by atoms with Gasteiger partial charge in [-0.1, -0.05) is 29.8 Å². The molecule has 3 rings (SSSR count). The van der Waals surface area contributed by atoms with E-state index in [-0.39, 0.29) is 24.0 Å². The third-order valence-corrected chi connectivity index (χ3v) is 5.62. The molecular weight excluding hydrogens is 513 g/mol. The Morgan fingerprint density at radius 1 is 1.27 bits per heavy atom. The summed E-state index contributed by atoms with van der Waals surface area (Å²) in [5.41, 5.74) is 2.18. The van der Waals surface area contributed by atoms with Gasteiger partial charge in [-0.3, -0.25) is 9.89 Å². The summed E-state index contributed by atoms with van der Waals surface area (Å²) >= 11 is 6.25. The molecule has 1 aliphatic rings. The first-order chi connectivity index (χ1) is 14.1. The van der Waals surface area contributed by atoms with Gasteiger partial charge in [-0.2, -0.15) is 0 Å². The number of guanidine groups is 1. The molecule has 8 heteroatoms. The lowest BCUT2D eigenvalue weighted by Gasteiger charge is -2.40. The van der Waals surface area contributed by atoms with Crippen LogP contribution in [0.1, 0.15) is 30.1 Å². The van der Waals surface area contributed by atoms with Crippen LogP contribution in [0.3, 0.4) is 0 Å². The molecular formula is C22H31ClIN5O. The Balaban J connectivity index is 0.00000320. The molecule has 0 saturated carbocycles. The zero-order valence-corrected chi connectivity index (χ0v) is 20.9. The zero-order chi connectivity index (χ0) is 20.6. The monoisotopic (exact) mass is 543 g/mol. The van der Waals surface area contributed by atoms with Crippen LogP contribution < -0.4 is 15.4 Å². The number of pyridine rings is 1. The van der Waals surface area contributed by atoms with E-state index in [1.54, 1.807) is 14.2 Å². The van der Waals surface area contributed by atoms with E-state index in [1.807, 2.05) is 30.3 Å². The number of halogens is 2. The highest BCUT2D eigenvalue weighted by atomic mass is 127. The third kappa shape index (κ3) is 6.72. The van der Waals surface area contributed by atoms with Crippen molar-refractivity contribution in [2.75, 3.05) is 34.3 Å². The van der Waals surface area contributed by atoms with Crippen LogP contribution in [0.15, 0.2) is 47.5 Å². The minimum Gasteiger partial charge on any atom is -0.481 e. The standard InChI is InChI=1S/C22H30ClN5O.HI/c1-24-22(26-15-19-10-5-11-20(27-19)29-3)25-14-17-8-6-12-28(2)21(17)16-7-4-9-18(23)13-16;/h4-5,7,9-11,13,17,21H,6,8,12,14-15H2,1-3H3,(H2,24,25,26);1H. The summed E-state index contributed by atoms with van der Waals surface area (Å²) in [4.78, 5) is 11.2. The van der Waals surface area contributed by atoms with E-state index in [4.69, 9.17) is 16.3 Å². The van der Waals surface area contributed by atoms with Crippen LogP contribution in [0.2, 0.25) is 5.02 Å². The molecule has 1 aliphatic heterocycles. The highest BCUT2D eigenvalue weighted by Gasteiger charge is 2.30. The van der Waals surface area contributed by atoms with Crippen molar-refractivity contribution in [1.29, 1.82) is 0 Å². The lowest BCUT2D eigenvalue weighted by molar-refractivity contribution is 0.122. The van der Waals surface area contributed by atoms with E-state index >= 15 is 0 Å². The van der Waals surface area contributed by atoms with E-state index in [0.29, 0.717) is 24.4 Å². The van der Waals surface area contributed by atoms with Gasteiger partial charge >= 0.3 is 0 Å². The molecule has 0 amide bonds. The number of ether oxygens (including phenoxy) is 1. The van der Waals surface area contributed by atoms with Crippen molar-refractivity contribution in [2.45, 2.75) is 25.4 Å². The number of aliphatic imine (C=N–C) groups is 1. The topological polar surface area (TPSA) is 61.8 Å². The summed E-state index contributed by atoms with van der Waals surface area (Å²) in [5, 5.41) is 7.62. The quantitative estimate of drug-likeness (QED) is 0.326. The predicted octanol–water partition coefficient (Wildman–Crippen LogP) is 4.11. The van der Waals surface area contributed by atoms with Crippen LogP contribution in [-0.2, 0) is 6.54 Å². The summed E-state index contributed by atoms with van der Waals surface area (Å²) in [6.07, 6.45) is 2.36. The molecule has 30 heavy (non-hydrogen) atoms. The van der Waals surface area contributed by atoms with Gasteiger partial charge in [-0.05, 0) is 56.1 Å². The fourth-order valence-corrected chi connectivity index (χ4v) is 4.18. The molecule has 2 aromatic rings. The van der Waals surface area contributed by atoms with Crippen LogP contribution >= 0.6 is 35.6 Å². The molecule has 1 fully saturated rings. The van der Waals surface area contributed by atoms with Gasteiger partial charge in [-0.15, -0.1) is 24.0 Å². The lowest BCUT2D eigenvalue weighted by atomic mass is 9.85. The Labute approximate surface area is 201 Å². The van der Waals surface area contributed by atoms with Crippen LogP contribution in [-0.4, -0.2) is 50.1 Å². The average molecular weight is 544 g/mol. The van der Waals surface area contributed by atoms with Gasteiger partial charge in [0.15, 0.2) is 5.96 Å². The molecule has 6 nitrogen and oxygen atoms in total. The maximum Gasteiger partial charge on any atom is 0.213 e. The van der Waals surface area contributed by atoms with E-state index in [2.05, 4.69) is 44.7 Å². The summed E-state index contributed by atoms with van der Waals surface area (Å²) in [6, 6.07) is 14.3. The minimum absolute atomic E-state index is 0. The molecule has 0 spiro atoms. The first-order valence-corrected chi connectivity index (χ1v) is 10.4. The van der Waals surface area contributed by atoms with E-state index in [9.17, 15) is 0 Å². The maximum absolute atomic E-state index is 6.25. The number of rotatable bonds is 6. The molecule has 2 unspecified atom stereocenters. The second-order valence-electron chi connectivity index (χ2n) is 7.36. The number of nitrogens with zero attached hydrogens (tertiary/aromatic N) is 3. The number of methoxy groups -OCH3 is 1. The molecule has 0 radical (unpaired) electrons. The number of hydrogen-bond donors (Lipinski definition) is 2.